The second-order valence-corrected chi connectivity index (χ2v) is 19.9. The molecule has 7 rings (SSSR count). The van der Waals surface area contributed by atoms with E-state index in [1.54, 1.807) is 11.9 Å². The van der Waals surface area contributed by atoms with Gasteiger partial charge in [-0.25, -0.2) is 24.5 Å². The first-order valence-corrected chi connectivity index (χ1v) is 26.7. The number of carbonyl (C=O) groups is 2. The molecule has 25 heteroatoms. The fourth-order valence-electron chi connectivity index (χ4n) is 8.86. The fourth-order valence-corrected chi connectivity index (χ4v) is 9.77. The number of nitrogens with two attached hydrogens (primary N) is 1. The number of nitrogen functional groups attached to an aromatic ring is 1. The predicted molar refractivity (Wildman–Crippen MR) is 265 cm³/mol. The van der Waals surface area contributed by atoms with Crippen LogP contribution in [0.3, 0.4) is 0 Å². The van der Waals surface area contributed by atoms with Crippen LogP contribution in [0.5, 0.6) is 0 Å². The van der Waals surface area contributed by atoms with Crippen molar-refractivity contribution >= 4 is 67.0 Å². The van der Waals surface area contributed by atoms with Gasteiger partial charge in [-0.2, -0.15) is 0 Å². The molecule has 388 valence electrons. The number of anilines is 3. The molecule has 2 amide bonds. The van der Waals surface area contributed by atoms with Crippen LogP contribution in [-0.2, 0) is 27.7 Å². The van der Waals surface area contributed by atoms with E-state index in [1.807, 2.05) is 50.2 Å². The SMILES string of the molecule is CCNc1cc2oc3cc(=[NH+]CC)c(C)cc-3c(-c3ccccc3C(=O)N(C)CCCC(=O)NCCCCCCNc3nc4c(N)ncnc4n3[C@@H]3O[C@H](COP(=O)([O-])O)[C@@H](OP(=O)(O)O)[C@H]3O)c2cc1C. The highest BCUT2D eigenvalue weighted by Crippen LogP contribution is 2.47. The van der Waals surface area contributed by atoms with Crippen molar-refractivity contribution in [1.29, 1.82) is 0 Å². The maximum atomic E-state index is 14.2. The number of imidazole rings is 1. The zero-order chi connectivity index (χ0) is 51.9. The van der Waals surface area contributed by atoms with Crippen LogP contribution in [0.4, 0.5) is 17.5 Å². The molecule has 0 bridgehead atoms. The van der Waals surface area contributed by atoms with Crippen molar-refractivity contribution in [3.05, 3.63) is 76.9 Å². The first-order valence-electron chi connectivity index (χ1n) is 23.7. The average molecular weight is 1040 g/mol. The van der Waals surface area contributed by atoms with Crippen LogP contribution in [0.15, 0.2) is 59.3 Å². The molecule has 1 aliphatic carbocycles. The molecule has 0 spiro atoms. The number of carbonyl (C=O) groups excluding carboxylic acids is 2. The predicted octanol–water partition coefficient (Wildman–Crippen LogP) is 2.83. The Morgan fingerprint density at radius 1 is 0.972 bits per heavy atom. The van der Waals surface area contributed by atoms with E-state index in [1.165, 1.54) is 4.57 Å². The average Bonchev–Trinajstić information content (AvgIpc) is 3.84. The van der Waals surface area contributed by atoms with Gasteiger partial charge in [0.15, 0.2) is 23.2 Å². The van der Waals surface area contributed by atoms with Crippen LogP contribution in [0, 0.1) is 13.8 Å². The molecule has 0 radical (unpaired) electrons. The third-order valence-corrected chi connectivity index (χ3v) is 13.2. The van der Waals surface area contributed by atoms with Crippen LogP contribution in [0.2, 0.25) is 0 Å². The third kappa shape index (κ3) is 12.8. The number of benzene rings is 3. The summed E-state index contributed by atoms with van der Waals surface area (Å²) >= 11 is 0. The molecule has 0 saturated carbocycles. The van der Waals surface area contributed by atoms with Gasteiger partial charge in [-0.15, -0.1) is 0 Å². The molecule has 1 fully saturated rings. The van der Waals surface area contributed by atoms with Crippen LogP contribution in [0.25, 0.3) is 44.6 Å². The number of amides is 2. The highest BCUT2D eigenvalue weighted by atomic mass is 31.2. The van der Waals surface area contributed by atoms with Gasteiger partial charge >= 0.3 is 7.82 Å². The van der Waals surface area contributed by atoms with E-state index in [9.17, 15) is 38.5 Å². The molecule has 2 aromatic heterocycles. The molecule has 2 aliphatic heterocycles. The Morgan fingerprint density at radius 3 is 2.44 bits per heavy atom. The number of ether oxygens (including phenoxy) is 1. The number of hydrogen-bond acceptors (Lipinski definition) is 16. The summed E-state index contributed by atoms with van der Waals surface area (Å²) in [7, 11) is -8.80. The van der Waals surface area contributed by atoms with Gasteiger partial charge in [0.05, 0.1) is 12.7 Å². The number of unbranched alkanes of at least 4 members (excludes halogenated alkanes) is 3. The molecule has 5 atom stereocenters. The van der Waals surface area contributed by atoms with E-state index in [0.29, 0.717) is 55.8 Å². The Labute approximate surface area is 415 Å². The lowest BCUT2D eigenvalue weighted by Gasteiger charge is -2.23. The van der Waals surface area contributed by atoms with Crippen molar-refractivity contribution in [3.63, 3.8) is 0 Å². The van der Waals surface area contributed by atoms with Crippen LogP contribution in [0.1, 0.15) is 80.1 Å². The molecule has 2 aromatic carbocycles. The zero-order valence-electron chi connectivity index (χ0n) is 40.7. The van der Waals surface area contributed by atoms with Gasteiger partial charge in [0.2, 0.25) is 17.2 Å². The highest BCUT2D eigenvalue weighted by Gasteiger charge is 2.50. The number of aromatic nitrogens is 4. The number of fused-ring (bicyclic) bond motifs is 3. The van der Waals surface area contributed by atoms with Gasteiger partial charge < -0.3 is 64.9 Å². The Kier molecular flexibility index (Phi) is 17.5. The number of nitrogens with zero attached hydrogens (tertiary/aromatic N) is 5. The van der Waals surface area contributed by atoms with Crippen molar-refractivity contribution in [2.75, 3.05) is 62.7 Å². The van der Waals surface area contributed by atoms with E-state index >= 15 is 0 Å². The first kappa shape index (κ1) is 53.9. The first-order chi connectivity index (χ1) is 34.3. The molecule has 1 unspecified atom stereocenters. The second kappa shape index (κ2) is 23.4. The van der Waals surface area contributed by atoms with E-state index in [0.717, 1.165) is 76.5 Å². The summed E-state index contributed by atoms with van der Waals surface area (Å²) in [5.74, 6) is 0.489. The number of hydrogen-bond donors (Lipinski definition) is 9. The van der Waals surface area contributed by atoms with Gasteiger partial charge in [0.1, 0.15) is 42.5 Å². The van der Waals surface area contributed by atoms with Crippen LogP contribution >= 0.6 is 15.6 Å². The largest absolute Gasteiger partial charge is 0.756 e. The summed E-state index contributed by atoms with van der Waals surface area (Å²) in [6.45, 7) is 9.93. The number of rotatable bonds is 23. The molecule has 1 saturated heterocycles. The summed E-state index contributed by atoms with van der Waals surface area (Å²) < 4.78 is 45.9. The van der Waals surface area contributed by atoms with Gasteiger partial charge in [-0.05, 0) is 76.3 Å². The minimum absolute atomic E-state index is 0.0138. The third-order valence-electron chi connectivity index (χ3n) is 12.3. The lowest BCUT2D eigenvalue weighted by atomic mass is 9.89. The molecular weight excluding hydrogens is 975 g/mol. The topological polar surface area (TPSA) is 336 Å². The second-order valence-electron chi connectivity index (χ2n) is 17.5. The summed E-state index contributed by atoms with van der Waals surface area (Å²) in [5, 5.41) is 22.6. The minimum Gasteiger partial charge on any atom is -0.756 e. The Morgan fingerprint density at radius 2 is 1.72 bits per heavy atom. The van der Waals surface area contributed by atoms with Crippen molar-refractivity contribution in [3.8, 4) is 22.5 Å². The van der Waals surface area contributed by atoms with Crippen molar-refractivity contribution < 1.29 is 66.6 Å². The number of aliphatic hydroxyl groups excluding tert-OH is 1. The molecular formula is C47H62N10O13P2. The Hall–Kier alpha value is -5.84. The lowest BCUT2D eigenvalue weighted by Crippen LogP contribution is -2.76. The molecule has 3 aliphatic rings. The summed E-state index contributed by atoms with van der Waals surface area (Å²) in [5.41, 5.74) is 13.2. The minimum atomic E-state index is -5.30. The molecule has 10 N–H and O–H groups in total. The highest BCUT2D eigenvalue weighted by molar-refractivity contribution is 7.46. The summed E-state index contributed by atoms with van der Waals surface area (Å²) in [4.78, 5) is 84.2. The number of nitrogens with one attached hydrogen (secondary N) is 4. The summed E-state index contributed by atoms with van der Waals surface area (Å²) in [6.07, 6.45) is -2.05. The van der Waals surface area contributed by atoms with Gasteiger partial charge in [-0.3, -0.25) is 23.2 Å². The molecule has 23 nitrogen and oxygen atoms in total. The van der Waals surface area contributed by atoms with Gasteiger partial charge in [0, 0.05) is 79.0 Å². The quantitative estimate of drug-likeness (QED) is 0.0253. The number of phosphoric ester groups is 2. The number of phosphoric acid groups is 2. The smallest absolute Gasteiger partial charge is 0.470 e. The van der Waals surface area contributed by atoms with Crippen LogP contribution in [-0.4, -0.2) is 121 Å². The van der Waals surface area contributed by atoms with E-state index in [-0.39, 0.29) is 41.2 Å². The lowest BCUT2D eigenvalue weighted by molar-refractivity contribution is -0.496. The van der Waals surface area contributed by atoms with Gasteiger partial charge in [0.25, 0.3) is 13.7 Å². The van der Waals surface area contributed by atoms with Crippen molar-refractivity contribution in [2.24, 2.45) is 0 Å². The normalized spacial score (nSPS) is 18.2. The van der Waals surface area contributed by atoms with Crippen LogP contribution < -0.4 is 36.9 Å². The van der Waals surface area contributed by atoms with E-state index in [4.69, 9.17) is 24.3 Å². The number of aliphatic hydroxyl groups is 1. The Balaban J connectivity index is 0.913. The monoisotopic (exact) mass is 1040 g/mol. The Bertz CT molecular complexity index is 3050. The van der Waals surface area contributed by atoms with E-state index < -0.39 is 46.8 Å². The maximum Gasteiger partial charge on any atom is 0.470 e. The van der Waals surface area contributed by atoms with Crippen molar-refractivity contribution in [2.45, 2.75) is 90.8 Å². The maximum absolute atomic E-state index is 14.2. The molecule has 4 heterocycles. The fraction of sp³-hybridized carbons (Fsp3) is 0.447. The van der Waals surface area contributed by atoms with E-state index in [2.05, 4.69) is 66.4 Å². The standard InChI is InChI=1S/C47H62N10O13P2/c1-6-49-33-23-35-31(21-27(33)3)39(32-22-28(4)34(50-7-2)24-36(32)68-35)29-15-10-11-16-30(29)45(60)56(5)20-14-17-38(58)51-18-12-8-9-13-19-52-47-55-40-43(48)53-26-54-44(40)57(47)46-41(59)42(70-72(64,65)66)37(69-46)25-67-71(61,62)63/h10-11,15-16,21-24,26,37,41-42,46,49,59H,6-9,12-14,17-20,25H2,1-5H3,(H,51,58)(H,52,55)(H2,48,53,54)(H2,61,62,63)(H2,64,65,66)/t37-,41-,42-,46-/m1/s1. The number of aryl methyl sites for hydroxylation is 2. The zero-order valence-corrected chi connectivity index (χ0v) is 42.5. The molecule has 72 heavy (non-hydrogen) atoms. The molecule has 4 aromatic rings. The summed E-state index contributed by atoms with van der Waals surface area (Å²) in [6, 6.07) is 15.9. The van der Waals surface area contributed by atoms with Gasteiger partial charge in [-0.1, -0.05) is 31.0 Å². The van der Waals surface area contributed by atoms with Crippen molar-refractivity contribution in [1.82, 2.24) is 29.7 Å².